The zero-order valence-corrected chi connectivity index (χ0v) is 26.3. The summed E-state index contributed by atoms with van der Waals surface area (Å²) in [5, 5.41) is 3.02. The van der Waals surface area contributed by atoms with Crippen molar-refractivity contribution in [2.45, 2.75) is 54.0 Å². The number of hydrogen-bond donors (Lipinski definition) is 1. The molecule has 0 spiro atoms. The highest BCUT2D eigenvalue weighted by molar-refractivity contribution is 14.2. The Bertz CT molecular complexity index is 2120. The lowest BCUT2D eigenvalue weighted by molar-refractivity contribution is 0.346. The summed E-state index contributed by atoms with van der Waals surface area (Å²) in [6.07, 6.45) is 3.80. The predicted octanol–water partition coefficient (Wildman–Crippen LogP) is 4.30. The minimum absolute atomic E-state index is 0.0337. The van der Waals surface area contributed by atoms with E-state index in [0.29, 0.717) is 31.5 Å². The largest absolute Gasteiger partial charge is 0.352 e. The molecule has 0 bridgehead atoms. The lowest BCUT2D eigenvalue weighted by atomic mass is 10.2. The number of alkyl halides is 1. The predicted molar refractivity (Wildman–Crippen MR) is 172 cm³/mol. The van der Waals surface area contributed by atoms with Crippen molar-refractivity contribution >= 4 is 57.2 Å². The fourth-order valence-electron chi connectivity index (χ4n) is 5.72. The van der Waals surface area contributed by atoms with Crippen molar-refractivity contribution in [3.8, 4) is 5.69 Å². The molecule has 4 heterocycles. The minimum Gasteiger partial charge on any atom is -0.352 e. The van der Waals surface area contributed by atoms with Gasteiger partial charge in [-0.1, -0.05) is 39.3 Å². The first-order valence-electron chi connectivity index (χ1n) is 14.2. The summed E-state index contributed by atoms with van der Waals surface area (Å²) >= 11 is -0.479. The van der Waals surface area contributed by atoms with Crippen LogP contribution in [0.3, 0.4) is 0 Å². The lowest BCUT2D eigenvalue weighted by Crippen LogP contribution is -2.41. The van der Waals surface area contributed by atoms with Crippen molar-refractivity contribution < 1.29 is 12.8 Å². The van der Waals surface area contributed by atoms with E-state index in [4.69, 9.17) is 0 Å². The first-order chi connectivity index (χ1) is 20.6. The molecule has 4 aromatic rings. The lowest BCUT2D eigenvalue weighted by Gasteiger charge is -2.26. The maximum absolute atomic E-state index is 14.9. The standard InChI is InChI=1S/C30H29FIN5O5S/c1-18-8-11-23(22(31)14-18)33-24-16-26(38)37(25-17-32-25)28-27(24)29(39)36(19-9-10-19)30(40)35(28)20-6-5-7-21(15-20)43(41,42)34-12-3-2-4-13-34/h5-8,11,14-17,19,25,33H,2-4,9-10,12-13H2,1H3. The topological polar surface area (TPSA) is 115 Å². The number of nitrogens with one attached hydrogen (secondary N) is 1. The van der Waals surface area contributed by atoms with Crippen LogP contribution < -0.4 is 22.1 Å². The third-order valence-corrected chi connectivity index (χ3v) is 11.9. The second kappa shape index (κ2) is 10.6. The Morgan fingerprint density at radius 2 is 1.67 bits per heavy atom. The van der Waals surface area contributed by atoms with Crippen LogP contribution in [-0.4, -0.2) is 43.5 Å². The van der Waals surface area contributed by atoms with Crippen LogP contribution in [0, 0.1) is 12.7 Å². The maximum Gasteiger partial charge on any atom is 0.337 e. The van der Waals surface area contributed by atoms with Crippen LogP contribution in [0.25, 0.3) is 16.7 Å². The van der Waals surface area contributed by atoms with Crippen LogP contribution in [0.2, 0.25) is 0 Å². The summed E-state index contributed by atoms with van der Waals surface area (Å²) < 4.78 is 49.3. The highest BCUT2D eigenvalue weighted by Crippen LogP contribution is 2.38. The van der Waals surface area contributed by atoms with Gasteiger partial charge in [0.15, 0.2) is 0 Å². The minimum atomic E-state index is -3.83. The molecular formula is C30H29FIN5O5S. The van der Waals surface area contributed by atoms with E-state index in [1.165, 1.54) is 48.3 Å². The average Bonchev–Trinajstić information content (AvgIpc) is 3.91. The number of hydrogen-bond acceptors (Lipinski definition) is 6. The molecule has 1 N–H and O–H groups in total. The second-order valence-corrected chi connectivity index (χ2v) is 15.8. The Morgan fingerprint density at radius 3 is 2.35 bits per heavy atom. The molecule has 1 saturated heterocycles. The number of aryl methyl sites for hydroxylation is 1. The number of rotatable bonds is 7. The molecule has 1 atom stereocenters. The van der Waals surface area contributed by atoms with Crippen molar-refractivity contribution in [2.75, 3.05) is 18.4 Å². The Balaban J connectivity index is 1.52. The van der Waals surface area contributed by atoms with Crippen molar-refractivity contribution in [1.82, 2.24) is 18.0 Å². The summed E-state index contributed by atoms with van der Waals surface area (Å²) in [5.74, 6) is -0.551. The zero-order valence-electron chi connectivity index (χ0n) is 23.3. The average molecular weight is 718 g/mol. The molecule has 10 nitrogen and oxygen atoms in total. The number of aromatic nitrogens is 3. The molecule has 3 aliphatic rings. The number of anilines is 2. The number of pyridine rings is 1. The molecule has 1 unspecified atom stereocenters. The number of benzene rings is 2. The number of nitrogens with zero attached hydrogens (tertiary/aromatic N) is 4. The van der Waals surface area contributed by atoms with Gasteiger partial charge in [-0.25, -0.2) is 22.2 Å². The summed E-state index contributed by atoms with van der Waals surface area (Å²) in [6, 6.07) is 11.7. The Hall–Kier alpha value is -3.43. The van der Waals surface area contributed by atoms with Gasteiger partial charge >= 0.3 is 5.69 Å². The first-order valence-corrected chi connectivity index (χ1v) is 18.1. The van der Waals surface area contributed by atoms with E-state index < -0.39 is 53.4 Å². The van der Waals surface area contributed by atoms with E-state index in [0.717, 1.165) is 19.3 Å². The van der Waals surface area contributed by atoms with Crippen molar-refractivity contribution in [1.29, 1.82) is 0 Å². The monoisotopic (exact) mass is 717 g/mol. The van der Waals surface area contributed by atoms with Gasteiger partial charge < -0.3 is 5.32 Å². The summed E-state index contributed by atoms with van der Waals surface area (Å²) in [4.78, 5) is 42.0. The first kappa shape index (κ1) is 28.3. The van der Waals surface area contributed by atoms with Gasteiger partial charge in [-0.15, -0.1) is 0 Å². The van der Waals surface area contributed by atoms with Gasteiger partial charge in [0.05, 0.1) is 22.0 Å². The molecule has 0 amide bonds. The Labute approximate surface area is 256 Å². The summed E-state index contributed by atoms with van der Waals surface area (Å²) in [6.45, 7) is 2.60. The molecule has 224 valence electrons. The second-order valence-electron chi connectivity index (χ2n) is 11.2. The van der Waals surface area contributed by atoms with Crippen LogP contribution in [0.5, 0.6) is 0 Å². The SMILES string of the molecule is Cc1ccc(Nc2cc(=O)n(C3C=I3)c3c2c(=O)n(C2CC2)c(=O)n3-c2cccc(S(=O)(=O)N3CCCCC3)c2)c(F)c1. The Kier molecular flexibility index (Phi) is 7.01. The van der Waals surface area contributed by atoms with E-state index in [9.17, 15) is 27.2 Å². The van der Waals surface area contributed by atoms with E-state index in [-0.39, 0.29) is 43.1 Å². The van der Waals surface area contributed by atoms with E-state index in [1.54, 1.807) is 25.1 Å². The van der Waals surface area contributed by atoms with Gasteiger partial charge in [0.1, 0.15) is 20.9 Å². The van der Waals surface area contributed by atoms with Crippen molar-refractivity contribution in [2.24, 2.45) is 0 Å². The number of halogens is 2. The number of fused-ring (bicyclic) bond motifs is 1. The van der Waals surface area contributed by atoms with E-state index in [2.05, 4.69) is 5.32 Å². The van der Waals surface area contributed by atoms with Gasteiger partial charge in [-0.05, 0) is 72.5 Å². The maximum atomic E-state index is 14.9. The Morgan fingerprint density at radius 1 is 0.930 bits per heavy atom. The number of piperidine rings is 1. The van der Waals surface area contributed by atoms with E-state index >= 15 is 0 Å². The van der Waals surface area contributed by atoms with Crippen LogP contribution >= 0.6 is 20.7 Å². The van der Waals surface area contributed by atoms with Gasteiger partial charge in [0, 0.05) is 25.2 Å². The molecule has 1 saturated carbocycles. The van der Waals surface area contributed by atoms with Crippen LogP contribution in [0.4, 0.5) is 15.8 Å². The van der Waals surface area contributed by atoms with Gasteiger partial charge in [-0.3, -0.25) is 18.7 Å². The van der Waals surface area contributed by atoms with Crippen molar-refractivity contribution in [3.05, 3.63) is 91.1 Å². The molecule has 13 heteroatoms. The summed E-state index contributed by atoms with van der Waals surface area (Å²) in [7, 11) is -3.83. The van der Waals surface area contributed by atoms with E-state index in [1.807, 2.05) is 4.01 Å². The molecule has 0 radical (unpaired) electrons. The smallest absolute Gasteiger partial charge is 0.337 e. The fourth-order valence-corrected chi connectivity index (χ4v) is 8.64. The quantitative estimate of drug-likeness (QED) is 0.225. The highest BCUT2D eigenvalue weighted by Gasteiger charge is 2.33. The normalized spacial score (nSPS) is 18.9. The molecular weight excluding hydrogens is 688 g/mol. The fraction of sp³-hybridized carbons (Fsp3) is 0.333. The van der Waals surface area contributed by atoms with Crippen LogP contribution in [-0.2, 0) is 10.0 Å². The number of sulfonamides is 1. The molecule has 2 fully saturated rings. The molecule has 2 aliphatic heterocycles. The molecule has 1 aliphatic carbocycles. The molecule has 43 heavy (non-hydrogen) atoms. The third-order valence-electron chi connectivity index (χ3n) is 8.09. The van der Waals surface area contributed by atoms with Crippen LogP contribution in [0.1, 0.15) is 47.8 Å². The van der Waals surface area contributed by atoms with Crippen molar-refractivity contribution in [3.63, 3.8) is 0 Å². The molecule has 2 aromatic heterocycles. The third kappa shape index (κ3) is 5.00. The summed E-state index contributed by atoms with van der Waals surface area (Å²) in [5.41, 5.74) is -0.483. The molecule has 2 aromatic carbocycles. The highest BCUT2D eigenvalue weighted by atomic mass is 127. The van der Waals surface area contributed by atoms with Gasteiger partial charge in [-0.2, -0.15) is 4.31 Å². The van der Waals surface area contributed by atoms with Gasteiger partial charge in [0.2, 0.25) is 10.0 Å². The van der Waals surface area contributed by atoms with Crippen LogP contribution in [0.15, 0.2) is 67.8 Å². The molecule has 7 rings (SSSR count). The zero-order chi connectivity index (χ0) is 30.0. The van der Waals surface area contributed by atoms with Gasteiger partial charge in [0.25, 0.3) is 11.1 Å².